The third-order valence-corrected chi connectivity index (χ3v) is 2.91. The lowest BCUT2D eigenvalue weighted by molar-refractivity contribution is 0.668. The second kappa shape index (κ2) is 5.26. The average molecular weight is 178 g/mol. The van der Waals surface area contributed by atoms with Crippen LogP contribution in [0.4, 0.5) is 0 Å². The van der Waals surface area contributed by atoms with E-state index in [9.17, 15) is 0 Å². The minimum absolute atomic E-state index is 0.696. The molecular formula is C13H22. The zero-order valence-electron chi connectivity index (χ0n) is 9.27. The molecule has 1 unspecified atom stereocenters. The van der Waals surface area contributed by atoms with Crippen LogP contribution in [0.3, 0.4) is 0 Å². The molecule has 0 aromatic rings. The van der Waals surface area contributed by atoms with Crippen LogP contribution in [-0.2, 0) is 0 Å². The molecule has 0 aromatic heterocycles. The van der Waals surface area contributed by atoms with Crippen molar-refractivity contribution in [3.05, 3.63) is 23.3 Å². The standard InChI is InChI=1S/C13H22/c1-4-5-6-7-8-13-9-11(2)12(3)10-13/h9-11H,4-8H2,1-3H3. The van der Waals surface area contributed by atoms with E-state index in [2.05, 4.69) is 32.9 Å². The maximum absolute atomic E-state index is 2.42. The van der Waals surface area contributed by atoms with Crippen molar-refractivity contribution in [2.75, 3.05) is 0 Å². The molecule has 0 aliphatic heterocycles. The summed E-state index contributed by atoms with van der Waals surface area (Å²) >= 11 is 0. The number of unbranched alkanes of at least 4 members (excludes halogenated alkanes) is 3. The Morgan fingerprint density at radius 1 is 1.23 bits per heavy atom. The third-order valence-electron chi connectivity index (χ3n) is 2.91. The summed E-state index contributed by atoms with van der Waals surface area (Å²) in [5, 5.41) is 0. The molecule has 74 valence electrons. The van der Waals surface area contributed by atoms with Crippen molar-refractivity contribution in [2.24, 2.45) is 5.92 Å². The van der Waals surface area contributed by atoms with E-state index in [4.69, 9.17) is 0 Å². The molecule has 1 rings (SSSR count). The quantitative estimate of drug-likeness (QED) is 0.544. The summed E-state index contributed by atoms with van der Waals surface area (Å²) in [5.74, 6) is 0.696. The maximum Gasteiger partial charge on any atom is -0.00454 e. The highest BCUT2D eigenvalue weighted by Gasteiger charge is 2.09. The van der Waals surface area contributed by atoms with Gasteiger partial charge < -0.3 is 0 Å². The van der Waals surface area contributed by atoms with E-state index in [1.165, 1.54) is 37.7 Å². The lowest BCUT2D eigenvalue weighted by Gasteiger charge is -1.99. The Hall–Kier alpha value is -0.520. The predicted molar refractivity (Wildman–Crippen MR) is 59.8 cm³/mol. The molecule has 0 saturated carbocycles. The Bertz CT molecular complexity index is 208. The van der Waals surface area contributed by atoms with Gasteiger partial charge >= 0.3 is 0 Å². The largest absolute Gasteiger partial charge is 0.0744 e. The Morgan fingerprint density at radius 2 is 2.00 bits per heavy atom. The van der Waals surface area contributed by atoms with Gasteiger partial charge in [0.25, 0.3) is 0 Å². The Balaban J connectivity index is 2.20. The van der Waals surface area contributed by atoms with E-state index >= 15 is 0 Å². The van der Waals surface area contributed by atoms with Crippen molar-refractivity contribution < 1.29 is 0 Å². The molecule has 13 heavy (non-hydrogen) atoms. The zero-order chi connectivity index (χ0) is 9.68. The van der Waals surface area contributed by atoms with Gasteiger partial charge in [0.1, 0.15) is 0 Å². The molecule has 1 aliphatic rings. The van der Waals surface area contributed by atoms with Crippen molar-refractivity contribution in [1.82, 2.24) is 0 Å². The van der Waals surface area contributed by atoms with Crippen molar-refractivity contribution in [2.45, 2.75) is 52.9 Å². The minimum Gasteiger partial charge on any atom is -0.0744 e. The normalized spacial score (nSPS) is 21.6. The fraction of sp³-hybridized carbons (Fsp3) is 0.692. The van der Waals surface area contributed by atoms with Crippen LogP contribution in [0.5, 0.6) is 0 Å². The molecule has 0 bridgehead atoms. The second-order valence-electron chi connectivity index (χ2n) is 4.23. The maximum atomic E-state index is 2.42. The first-order chi connectivity index (χ1) is 6.24. The van der Waals surface area contributed by atoms with E-state index in [0.29, 0.717) is 5.92 Å². The first kappa shape index (κ1) is 10.6. The molecule has 0 N–H and O–H groups in total. The van der Waals surface area contributed by atoms with E-state index < -0.39 is 0 Å². The van der Waals surface area contributed by atoms with E-state index in [1.54, 1.807) is 5.57 Å². The summed E-state index contributed by atoms with van der Waals surface area (Å²) in [6.45, 7) is 6.78. The highest BCUT2D eigenvalue weighted by Crippen LogP contribution is 2.26. The summed E-state index contributed by atoms with van der Waals surface area (Å²) in [4.78, 5) is 0. The Morgan fingerprint density at radius 3 is 2.54 bits per heavy atom. The van der Waals surface area contributed by atoms with Crippen LogP contribution in [0.1, 0.15) is 52.9 Å². The van der Waals surface area contributed by atoms with Crippen LogP contribution < -0.4 is 0 Å². The number of hydrogen-bond acceptors (Lipinski definition) is 0. The van der Waals surface area contributed by atoms with E-state index in [0.717, 1.165) is 0 Å². The topological polar surface area (TPSA) is 0 Å². The predicted octanol–water partition coefficient (Wildman–Crippen LogP) is 4.48. The lowest BCUT2D eigenvalue weighted by Crippen LogP contribution is -1.84. The molecule has 0 saturated heterocycles. The van der Waals surface area contributed by atoms with E-state index in [-0.39, 0.29) is 0 Å². The molecule has 0 aromatic carbocycles. The SMILES string of the molecule is CCCCCCC1=CC(C)C(C)=C1. The van der Waals surface area contributed by atoms with E-state index in [1.807, 2.05) is 0 Å². The van der Waals surface area contributed by atoms with Gasteiger partial charge in [0.05, 0.1) is 0 Å². The molecule has 1 aliphatic carbocycles. The van der Waals surface area contributed by atoms with Crippen LogP contribution in [0.2, 0.25) is 0 Å². The average Bonchev–Trinajstić information content (AvgIpc) is 2.41. The summed E-state index contributed by atoms with van der Waals surface area (Å²) < 4.78 is 0. The number of rotatable bonds is 5. The van der Waals surface area contributed by atoms with Crippen molar-refractivity contribution in [3.8, 4) is 0 Å². The van der Waals surface area contributed by atoms with Gasteiger partial charge in [-0.2, -0.15) is 0 Å². The molecule has 0 spiro atoms. The number of allylic oxidation sites excluding steroid dienone is 4. The molecule has 0 nitrogen and oxygen atoms in total. The Labute approximate surface area is 82.7 Å². The fourth-order valence-electron chi connectivity index (χ4n) is 1.84. The van der Waals surface area contributed by atoms with Gasteiger partial charge in [0, 0.05) is 0 Å². The van der Waals surface area contributed by atoms with Crippen molar-refractivity contribution >= 4 is 0 Å². The van der Waals surface area contributed by atoms with Gasteiger partial charge in [-0.15, -0.1) is 0 Å². The lowest BCUT2D eigenvalue weighted by atomic mass is 10.1. The highest BCUT2D eigenvalue weighted by atomic mass is 14.1. The van der Waals surface area contributed by atoms with Gasteiger partial charge in [-0.05, 0) is 25.7 Å². The van der Waals surface area contributed by atoms with Gasteiger partial charge in [0.2, 0.25) is 0 Å². The summed E-state index contributed by atoms with van der Waals surface area (Å²) in [5.41, 5.74) is 3.10. The van der Waals surface area contributed by atoms with Gasteiger partial charge in [-0.25, -0.2) is 0 Å². The monoisotopic (exact) mass is 178 g/mol. The third kappa shape index (κ3) is 3.38. The van der Waals surface area contributed by atoms with Crippen LogP contribution >= 0.6 is 0 Å². The smallest absolute Gasteiger partial charge is 0.00454 e. The van der Waals surface area contributed by atoms with Crippen LogP contribution in [0, 0.1) is 5.92 Å². The molecular weight excluding hydrogens is 156 g/mol. The van der Waals surface area contributed by atoms with Gasteiger partial charge in [-0.3, -0.25) is 0 Å². The second-order valence-corrected chi connectivity index (χ2v) is 4.23. The molecule has 0 heteroatoms. The number of hydrogen-bond donors (Lipinski definition) is 0. The first-order valence-corrected chi connectivity index (χ1v) is 5.63. The summed E-state index contributed by atoms with van der Waals surface area (Å²) in [6, 6.07) is 0. The fourth-order valence-corrected chi connectivity index (χ4v) is 1.84. The van der Waals surface area contributed by atoms with Crippen molar-refractivity contribution in [3.63, 3.8) is 0 Å². The molecule has 0 amide bonds. The molecule has 1 atom stereocenters. The molecule has 0 fully saturated rings. The highest BCUT2D eigenvalue weighted by molar-refractivity contribution is 5.33. The minimum atomic E-state index is 0.696. The van der Waals surface area contributed by atoms with Crippen LogP contribution in [0.25, 0.3) is 0 Å². The Kier molecular flexibility index (Phi) is 4.27. The van der Waals surface area contributed by atoms with Crippen molar-refractivity contribution in [1.29, 1.82) is 0 Å². The van der Waals surface area contributed by atoms with Crippen LogP contribution in [0.15, 0.2) is 23.3 Å². The van der Waals surface area contributed by atoms with Crippen LogP contribution in [-0.4, -0.2) is 0 Å². The summed E-state index contributed by atoms with van der Waals surface area (Å²) in [6.07, 6.45) is 11.6. The molecule has 0 heterocycles. The molecule has 0 radical (unpaired) electrons. The van der Waals surface area contributed by atoms with Gasteiger partial charge in [0.15, 0.2) is 0 Å². The zero-order valence-corrected chi connectivity index (χ0v) is 9.27. The first-order valence-electron chi connectivity index (χ1n) is 5.63. The van der Waals surface area contributed by atoms with Gasteiger partial charge in [-0.1, -0.05) is 56.4 Å². The summed E-state index contributed by atoms with van der Waals surface area (Å²) in [7, 11) is 0.